The Morgan fingerprint density at radius 3 is 2.68 bits per heavy atom. The zero-order valence-corrected chi connectivity index (χ0v) is 14.8. The van der Waals surface area contributed by atoms with Gasteiger partial charge in [0.05, 0.1) is 5.54 Å². The maximum Gasteiger partial charge on any atom is 0.249 e. The molecule has 1 aromatic carbocycles. The molecule has 2 saturated heterocycles. The summed E-state index contributed by atoms with van der Waals surface area (Å²) in [7, 11) is 3.80. The van der Waals surface area contributed by atoms with E-state index in [1.165, 1.54) is 0 Å². The number of carbonyl (C=O) groups is 1. The summed E-state index contributed by atoms with van der Waals surface area (Å²) in [6, 6.07) is 10.2. The van der Waals surface area contributed by atoms with Gasteiger partial charge in [0.15, 0.2) is 0 Å². The Bertz CT molecular complexity index is 790. The van der Waals surface area contributed by atoms with Gasteiger partial charge >= 0.3 is 0 Å². The highest BCUT2D eigenvalue weighted by molar-refractivity contribution is 5.79. The molecule has 2 aliphatic heterocycles. The van der Waals surface area contributed by atoms with E-state index < -0.39 is 5.54 Å². The Balaban J connectivity index is 1.71. The molecule has 7 nitrogen and oxygen atoms in total. The van der Waals surface area contributed by atoms with Crippen LogP contribution in [0.4, 0.5) is 5.95 Å². The normalized spacial score (nSPS) is 26.7. The molecule has 2 fully saturated rings. The van der Waals surface area contributed by atoms with E-state index in [0.717, 1.165) is 30.3 Å². The number of likely N-dealkylation sites (N-methyl/N-ethyl adjacent to an activating group) is 1. The molecular formula is C18H23N5O2. The number of ether oxygens (including phenoxy) is 1. The lowest BCUT2D eigenvalue weighted by Crippen LogP contribution is -2.67. The fraction of sp³-hybridized carbons (Fsp3) is 0.500. The zero-order valence-electron chi connectivity index (χ0n) is 14.8. The van der Waals surface area contributed by atoms with Crippen LogP contribution in [0.2, 0.25) is 0 Å². The molecule has 0 saturated carbocycles. The number of amides is 1. The molecule has 3 heterocycles. The van der Waals surface area contributed by atoms with Crippen molar-refractivity contribution in [3.05, 3.63) is 41.7 Å². The molecule has 0 spiro atoms. The Hall–Kier alpha value is -2.41. The van der Waals surface area contributed by atoms with Crippen molar-refractivity contribution in [2.24, 2.45) is 7.05 Å². The second-order valence-corrected chi connectivity index (χ2v) is 6.82. The van der Waals surface area contributed by atoms with Crippen LogP contribution in [0.1, 0.15) is 17.8 Å². The molecule has 0 radical (unpaired) electrons. The van der Waals surface area contributed by atoms with E-state index in [1.807, 2.05) is 48.8 Å². The van der Waals surface area contributed by atoms with Crippen molar-refractivity contribution in [2.75, 3.05) is 31.6 Å². The number of hydrogen-bond acceptors (Lipinski definition) is 5. The SMILES string of the molecule is Cc1nc(N2CC[C@]3(c4ccccc4)[C@@H](C2)OCC(=O)N3C)n(C)n1. The van der Waals surface area contributed by atoms with Crippen molar-refractivity contribution in [1.82, 2.24) is 19.7 Å². The van der Waals surface area contributed by atoms with Crippen LogP contribution in [0.5, 0.6) is 0 Å². The number of hydrogen-bond donors (Lipinski definition) is 0. The summed E-state index contributed by atoms with van der Waals surface area (Å²) >= 11 is 0. The average Bonchev–Trinajstić information content (AvgIpc) is 2.97. The molecule has 0 bridgehead atoms. The van der Waals surface area contributed by atoms with Gasteiger partial charge in [-0.25, -0.2) is 4.68 Å². The number of nitrogens with zero attached hydrogens (tertiary/aromatic N) is 5. The third-order valence-corrected chi connectivity index (χ3v) is 5.46. The van der Waals surface area contributed by atoms with Crippen LogP contribution < -0.4 is 4.90 Å². The number of morpholine rings is 1. The van der Waals surface area contributed by atoms with Crippen LogP contribution in [0.15, 0.2) is 30.3 Å². The fourth-order valence-corrected chi connectivity index (χ4v) is 4.18. The Labute approximate surface area is 147 Å². The summed E-state index contributed by atoms with van der Waals surface area (Å²) in [5, 5.41) is 4.35. The molecule has 2 aromatic rings. The number of aromatic nitrogens is 3. The van der Waals surface area contributed by atoms with E-state index in [-0.39, 0.29) is 18.6 Å². The lowest BCUT2D eigenvalue weighted by atomic mass is 9.76. The fourth-order valence-electron chi connectivity index (χ4n) is 4.18. The summed E-state index contributed by atoms with van der Waals surface area (Å²) in [6.07, 6.45) is 0.680. The standard InChI is InChI=1S/C18H23N5O2/c1-13-19-17(22(3)20-13)23-10-9-18(14-7-5-4-6-8-14)15(11-23)25-12-16(24)21(18)2/h4-8,15H,9-12H2,1-3H3/t15-,18+/m1/s1. The van der Waals surface area contributed by atoms with Gasteiger partial charge in [0.2, 0.25) is 11.9 Å². The molecule has 0 unspecified atom stereocenters. The number of benzene rings is 1. The lowest BCUT2D eigenvalue weighted by molar-refractivity contribution is -0.173. The number of carbonyl (C=O) groups excluding carboxylic acids is 1. The smallest absolute Gasteiger partial charge is 0.249 e. The van der Waals surface area contributed by atoms with Gasteiger partial charge in [0, 0.05) is 27.2 Å². The molecule has 1 aromatic heterocycles. The molecule has 2 atom stereocenters. The molecule has 2 aliphatic rings. The number of piperidine rings is 1. The minimum atomic E-state index is -0.430. The molecule has 0 N–H and O–H groups in total. The maximum atomic E-state index is 12.4. The van der Waals surface area contributed by atoms with E-state index in [4.69, 9.17) is 4.74 Å². The zero-order chi connectivity index (χ0) is 17.6. The van der Waals surface area contributed by atoms with Crippen molar-refractivity contribution in [3.8, 4) is 0 Å². The second-order valence-electron chi connectivity index (χ2n) is 6.82. The summed E-state index contributed by atoms with van der Waals surface area (Å²) in [5.74, 6) is 1.64. The van der Waals surface area contributed by atoms with Gasteiger partial charge in [-0.05, 0) is 18.9 Å². The van der Waals surface area contributed by atoms with Gasteiger partial charge in [0.25, 0.3) is 0 Å². The predicted octanol–water partition coefficient (Wildman–Crippen LogP) is 1.09. The Kier molecular flexibility index (Phi) is 3.76. The van der Waals surface area contributed by atoms with Gasteiger partial charge in [0.1, 0.15) is 18.5 Å². The molecule has 25 heavy (non-hydrogen) atoms. The first-order chi connectivity index (χ1) is 12.0. The van der Waals surface area contributed by atoms with Crippen molar-refractivity contribution in [3.63, 3.8) is 0 Å². The monoisotopic (exact) mass is 341 g/mol. The predicted molar refractivity (Wildman–Crippen MR) is 93.2 cm³/mol. The molecule has 7 heteroatoms. The van der Waals surface area contributed by atoms with E-state index in [9.17, 15) is 4.79 Å². The van der Waals surface area contributed by atoms with E-state index in [1.54, 1.807) is 0 Å². The van der Waals surface area contributed by atoms with Crippen LogP contribution in [0.3, 0.4) is 0 Å². The van der Waals surface area contributed by atoms with Crippen molar-refractivity contribution >= 4 is 11.9 Å². The summed E-state index contributed by atoms with van der Waals surface area (Å²) in [6.45, 7) is 3.49. The Morgan fingerprint density at radius 1 is 1.24 bits per heavy atom. The van der Waals surface area contributed by atoms with Gasteiger partial charge in [-0.2, -0.15) is 10.1 Å². The van der Waals surface area contributed by atoms with Crippen LogP contribution in [0.25, 0.3) is 0 Å². The number of anilines is 1. The molecule has 132 valence electrons. The van der Waals surface area contributed by atoms with E-state index >= 15 is 0 Å². The molecule has 0 aliphatic carbocycles. The summed E-state index contributed by atoms with van der Waals surface area (Å²) in [4.78, 5) is 21.0. The van der Waals surface area contributed by atoms with Crippen LogP contribution in [-0.4, -0.2) is 58.4 Å². The Morgan fingerprint density at radius 2 is 2.00 bits per heavy atom. The summed E-state index contributed by atoms with van der Waals surface area (Å²) in [5.41, 5.74) is 0.699. The van der Waals surface area contributed by atoms with E-state index in [2.05, 4.69) is 27.1 Å². The van der Waals surface area contributed by atoms with Crippen LogP contribution in [-0.2, 0) is 22.1 Å². The lowest BCUT2D eigenvalue weighted by Gasteiger charge is -2.54. The van der Waals surface area contributed by atoms with Gasteiger partial charge in [-0.15, -0.1) is 0 Å². The average molecular weight is 341 g/mol. The highest BCUT2D eigenvalue weighted by atomic mass is 16.5. The molecular weight excluding hydrogens is 318 g/mol. The number of aryl methyl sites for hydroxylation is 2. The minimum absolute atomic E-state index is 0.0306. The minimum Gasteiger partial charge on any atom is -0.364 e. The van der Waals surface area contributed by atoms with Crippen molar-refractivity contribution < 1.29 is 9.53 Å². The highest BCUT2D eigenvalue weighted by Gasteiger charge is 2.53. The largest absolute Gasteiger partial charge is 0.364 e. The van der Waals surface area contributed by atoms with Crippen LogP contribution in [0, 0.1) is 6.92 Å². The van der Waals surface area contributed by atoms with Crippen LogP contribution >= 0.6 is 0 Å². The number of rotatable bonds is 2. The van der Waals surface area contributed by atoms with Gasteiger partial charge in [-0.3, -0.25) is 4.79 Å². The van der Waals surface area contributed by atoms with Gasteiger partial charge in [-0.1, -0.05) is 30.3 Å². The number of fused-ring (bicyclic) bond motifs is 1. The molecule has 1 amide bonds. The molecule has 4 rings (SSSR count). The highest BCUT2D eigenvalue weighted by Crippen LogP contribution is 2.42. The quantitative estimate of drug-likeness (QED) is 0.818. The van der Waals surface area contributed by atoms with E-state index in [0.29, 0.717) is 6.54 Å². The first kappa shape index (κ1) is 16.1. The summed E-state index contributed by atoms with van der Waals surface area (Å²) < 4.78 is 7.84. The third-order valence-electron chi connectivity index (χ3n) is 5.46. The maximum absolute atomic E-state index is 12.4. The topological polar surface area (TPSA) is 63.5 Å². The van der Waals surface area contributed by atoms with Crippen molar-refractivity contribution in [2.45, 2.75) is 25.0 Å². The third kappa shape index (κ3) is 2.41. The second kappa shape index (κ2) is 5.84. The first-order valence-electron chi connectivity index (χ1n) is 8.59. The van der Waals surface area contributed by atoms with Gasteiger partial charge < -0.3 is 14.5 Å². The first-order valence-corrected chi connectivity index (χ1v) is 8.59. The van der Waals surface area contributed by atoms with Crippen molar-refractivity contribution in [1.29, 1.82) is 0 Å².